The van der Waals surface area contributed by atoms with Crippen LogP contribution in [0.5, 0.6) is 0 Å². The largest absolute Gasteiger partial charge is 0.462 e. The normalized spacial score (nSPS) is 16.8. The number of carbonyl (C=O) groups excluding carboxylic acids is 1. The lowest BCUT2D eigenvalue weighted by molar-refractivity contribution is 0.0439. The Labute approximate surface area is 187 Å². The number of morpholine rings is 1. The first kappa shape index (κ1) is 22.2. The van der Waals surface area contributed by atoms with Crippen LogP contribution in [0.15, 0.2) is 65.7 Å². The van der Waals surface area contributed by atoms with E-state index in [1.165, 1.54) is 6.20 Å². The van der Waals surface area contributed by atoms with Crippen molar-refractivity contribution in [2.24, 2.45) is 0 Å². The number of carbonyl (C=O) groups is 1. The minimum Gasteiger partial charge on any atom is -0.462 e. The minimum atomic E-state index is -3.67. The Bertz CT molecular complexity index is 1200. The summed E-state index contributed by atoms with van der Waals surface area (Å²) in [5, 5.41) is 1.85. The third-order valence-electron chi connectivity index (χ3n) is 5.25. The molecule has 1 fully saturated rings. The monoisotopic (exact) mass is 455 g/mol. The first-order valence-electron chi connectivity index (χ1n) is 10.4. The van der Waals surface area contributed by atoms with Gasteiger partial charge in [-0.15, -0.1) is 0 Å². The van der Waals surface area contributed by atoms with Crippen LogP contribution in [0.4, 0.5) is 5.82 Å². The molecule has 1 aromatic heterocycles. The summed E-state index contributed by atoms with van der Waals surface area (Å²) < 4.78 is 39.0. The van der Waals surface area contributed by atoms with Gasteiger partial charge in [-0.05, 0) is 42.0 Å². The molecule has 1 aliphatic heterocycles. The van der Waals surface area contributed by atoms with E-state index in [0.29, 0.717) is 37.7 Å². The van der Waals surface area contributed by atoms with Crippen molar-refractivity contribution in [3.8, 4) is 0 Å². The Morgan fingerprint density at radius 2 is 2.00 bits per heavy atom. The van der Waals surface area contributed by atoms with Gasteiger partial charge in [-0.3, -0.25) is 0 Å². The highest BCUT2D eigenvalue weighted by Gasteiger charge is 2.24. The average molecular weight is 456 g/mol. The highest BCUT2D eigenvalue weighted by atomic mass is 32.2. The SMILES string of the molecule is CCOC(=O)c1ccc(N2CCOC(CNS(=O)(=O)c3ccc4ccccc4c3)C2)nc1. The van der Waals surface area contributed by atoms with Gasteiger partial charge in [-0.2, -0.15) is 0 Å². The third-order valence-corrected chi connectivity index (χ3v) is 6.68. The second kappa shape index (κ2) is 9.64. The van der Waals surface area contributed by atoms with Gasteiger partial charge in [0.2, 0.25) is 10.0 Å². The smallest absolute Gasteiger partial charge is 0.339 e. The van der Waals surface area contributed by atoms with E-state index < -0.39 is 16.0 Å². The van der Waals surface area contributed by atoms with Crippen molar-refractivity contribution < 1.29 is 22.7 Å². The van der Waals surface area contributed by atoms with Crippen LogP contribution >= 0.6 is 0 Å². The lowest BCUT2D eigenvalue weighted by atomic mass is 10.1. The third kappa shape index (κ3) is 5.07. The second-order valence-corrected chi connectivity index (χ2v) is 9.19. The highest BCUT2D eigenvalue weighted by Crippen LogP contribution is 2.20. The molecule has 4 rings (SSSR count). The molecule has 0 saturated carbocycles. The van der Waals surface area contributed by atoms with Crippen LogP contribution in [-0.2, 0) is 19.5 Å². The van der Waals surface area contributed by atoms with Crippen LogP contribution < -0.4 is 9.62 Å². The fraction of sp³-hybridized carbons (Fsp3) is 0.304. The van der Waals surface area contributed by atoms with Crippen molar-refractivity contribution >= 4 is 32.6 Å². The summed E-state index contributed by atoms with van der Waals surface area (Å²) in [6.45, 7) is 3.75. The number of benzene rings is 2. The number of fused-ring (bicyclic) bond motifs is 1. The Kier molecular flexibility index (Phi) is 6.69. The standard InChI is InChI=1S/C23H25N3O5S/c1-2-30-23(27)19-8-10-22(24-14-19)26-11-12-31-20(16-26)15-25-32(28,29)21-9-7-17-5-3-4-6-18(17)13-21/h3-10,13-14,20,25H,2,11-12,15-16H2,1H3. The van der Waals surface area contributed by atoms with E-state index in [4.69, 9.17) is 9.47 Å². The number of hydrogen-bond donors (Lipinski definition) is 1. The Morgan fingerprint density at radius 3 is 2.75 bits per heavy atom. The van der Waals surface area contributed by atoms with E-state index in [2.05, 4.69) is 9.71 Å². The number of ether oxygens (including phenoxy) is 2. The van der Waals surface area contributed by atoms with E-state index in [0.717, 1.165) is 10.8 Å². The van der Waals surface area contributed by atoms with Crippen molar-refractivity contribution in [3.05, 3.63) is 66.4 Å². The number of hydrogen-bond acceptors (Lipinski definition) is 7. The fourth-order valence-corrected chi connectivity index (χ4v) is 4.68. The molecule has 8 nitrogen and oxygen atoms in total. The molecule has 9 heteroatoms. The molecule has 1 N–H and O–H groups in total. The van der Waals surface area contributed by atoms with Crippen LogP contribution in [0.2, 0.25) is 0 Å². The van der Waals surface area contributed by atoms with Gasteiger partial charge in [0.05, 0.1) is 29.8 Å². The van der Waals surface area contributed by atoms with Crippen molar-refractivity contribution in [1.29, 1.82) is 0 Å². The summed E-state index contributed by atoms with van der Waals surface area (Å²) in [6.07, 6.45) is 1.16. The summed E-state index contributed by atoms with van der Waals surface area (Å²) in [4.78, 5) is 18.4. The Hall–Kier alpha value is -3.01. The number of anilines is 1. The molecule has 1 unspecified atom stereocenters. The van der Waals surface area contributed by atoms with Crippen LogP contribution in [0.3, 0.4) is 0 Å². The molecule has 32 heavy (non-hydrogen) atoms. The second-order valence-electron chi connectivity index (χ2n) is 7.43. The Balaban J connectivity index is 1.38. The van der Waals surface area contributed by atoms with Gasteiger partial charge >= 0.3 is 5.97 Å². The van der Waals surface area contributed by atoms with Crippen LogP contribution in [0, 0.1) is 0 Å². The quantitative estimate of drug-likeness (QED) is 0.547. The van der Waals surface area contributed by atoms with Gasteiger partial charge in [0.15, 0.2) is 0 Å². The van der Waals surface area contributed by atoms with Gasteiger partial charge in [0, 0.05) is 25.8 Å². The topological polar surface area (TPSA) is 97.8 Å². The van der Waals surface area contributed by atoms with Gasteiger partial charge < -0.3 is 14.4 Å². The van der Waals surface area contributed by atoms with Gasteiger partial charge in [-0.1, -0.05) is 30.3 Å². The van der Waals surface area contributed by atoms with Gasteiger partial charge in [-0.25, -0.2) is 22.9 Å². The predicted molar refractivity (Wildman–Crippen MR) is 121 cm³/mol. The number of aromatic nitrogens is 1. The summed E-state index contributed by atoms with van der Waals surface area (Å²) in [6, 6.07) is 16.1. The fourth-order valence-electron chi connectivity index (χ4n) is 3.58. The zero-order valence-corrected chi connectivity index (χ0v) is 18.5. The molecule has 0 amide bonds. The van der Waals surface area contributed by atoms with E-state index in [9.17, 15) is 13.2 Å². The van der Waals surface area contributed by atoms with Crippen LogP contribution in [0.25, 0.3) is 10.8 Å². The molecule has 0 radical (unpaired) electrons. The van der Waals surface area contributed by atoms with E-state index >= 15 is 0 Å². The van der Waals surface area contributed by atoms with E-state index in [1.54, 1.807) is 37.3 Å². The first-order chi connectivity index (χ1) is 15.5. The molecule has 1 aliphatic rings. The zero-order chi connectivity index (χ0) is 22.6. The average Bonchev–Trinajstić information content (AvgIpc) is 2.83. The number of nitrogens with zero attached hydrogens (tertiary/aromatic N) is 2. The number of nitrogens with one attached hydrogen (secondary N) is 1. The number of rotatable bonds is 7. The molecule has 2 aromatic carbocycles. The molecule has 3 aromatic rings. The summed E-state index contributed by atoms with van der Waals surface area (Å²) in [5.74, 6) is 0.290. The summed E-state index contributed by atoms with van der Waals surface area (Å²) in [7, 11) is -3.67. The number of pyridine rings is 1. The molecular formula is C23H25N3O5S. The maximum Gasteiger partial charge on any atom is 0.339 e. The van der Waals surface area contributed by atoms with Crippen LogP contribution in [-0.4, -0.2) is 58.3 Å². The minimum absolute atomic E-state index is 0.145. The molecular weight excluding hydrogens is 430 g/mol. The summed E-state index contributed by atoms with van der Waals surface area (Å²) >= 11 is 0. The molecule has 168 valence electrons. The van der Waals surface area contributed by atoms with E-state index in [1.807, 2.05) is 29.2 Å². The highest BCUT2D eigenvalue weighted by molar-refractivity contribution is 7.89. The molecule has 1 atom stereocenters. The molecule has 2 heterocycles. The molecule has 0 spiro atoms. The molecule has 0 aliphatic carbocycles. The lowest BCUT2D eigenvalue weighted by Gasteiger charge is -2.33. The first-order valence-corrected chi connectivity index (χ1v) is 11.9. The molecule has 0 bridgehead atoms. The van der Waals surface area contributed by atoms with Crippen molar-refractivity contribution in [2.75, 3.05) is 37.7 Å². The van der Waals surface area contributed by atoms with E-state index in [-0.39, 0.29) is 17.5 Å². The maximum atomic E-state index is 12.8. The van der Waals surface area contributed by atoms with Crippen molar-refractivity contribution in [2.45, 2.75) is 17.9 Å². The Morgan fingerprint density at radius 1 is 1.19 bits per heavy atom. The predicted octanol–water partition coefficient (Wildman–Crippen LogP) is 2.60. The summed E-state index contributed by atoms with van der Waals surface area (Å²) in [5.41, 5.74) is 0.392. The van der Waals surface area contributed by atoms with Crippen molar-refractivity contribution in [1.82, 2.24) is 9.71 Å². The lowest BCUT2D eigenvalue weighted by Crippen LogP contribution is -2.47. The maximum absolute atomic E-state index is 12.8. The van der Waals surface area contributed by atoms with Crippen molar-refractivity contribution in [3.63, 3.8) is 0 Å². The molecule has 1 saturated heterocycles. The van der Waals surface area contributed by atoms with Crippen LogP contribution in [0.1, 0.15) is 17.3 Å². The zero-order valence-electron chi connectivity index (χ0n) is 17.7. The van der Waals surface area contributed by atoms with Gasteiger partial charge in [0.25, 0.3) is 0 Å². The number of esters is 1. The van der Waals surface area contributed by atoms with Gasteiger partial charge in [0.1, 0.15) is 5.82 Å². The number of sulfonamides is 1.